The van der Waals surface area contributed by atoms with Crippen molar-refractivity contribution >= 4 is 17.6 Å². The number of likely N-dealkylation sites (N-methyl/N-ethyl adjacent to an activating group) is 1. The summed E-state index contributed by atoms with van der Waals surface area (Å²) in [5, 5.41) is 13.5. The minimum absolute atomic E-state index is 0.0341. The van der Waals surface area contributed by atoms with E-state index in [4.69, 9.17) is 0 Å². The third kappa shape index (κ3) is 5.45. The molecule has 3 aliphatic rings. The van der Waals surface area contributed by atoms with Gasteiger partial charge in [-0.15, -0.1) is 0 Å². The molecule has 3 heterocycles. The van der Waals surface area contributed by atoms with Crippen molar-refractivity contribution in [1.29, 1.82) is 0 Å². The molecule has 5 rings (SSSR count). The minimum atomic E-state index is -0.926. The lowest BCUT2D eigenvalue weighted by Crippen LogP contribution is -2.43. The zero-order chi connectivity index (χ0) is 28.7. The van der Waals surface area contributed by atoms with Crippen LogP contribution < -0.4 is 10.9 Å². The quantitative estimate of drug-likeness (QED) is 0.488. The van der Waals surface area contributed by atoms with Crippen molar-refractivity contribution in [3.8, 4) is 5.75 Å². The van der Waals surface area contributed by atoms with Gasteiger partial charge in [-0.25, -0.2) is 9.37 Å². The summed E-state index contributed by atoms with van der Waals surface area (Å²) >= 11 is 0. The molecule has 39 heavy (non-hydrogen) atoms. The molecule has 2 aromatic rings. The molecule has 0 atom stereocenters. The van der Waals surface area contributed by atoms with Gasteiger partial charge in [0.25, 0.3) is 17.4 Å². The number of rotatable bonds is 8. The van der Waals surface area contributed by atoms with E-state index in [-0.39, 0.29) is 36.6 Å². The Morgan fingerprint density at radius 3 is 2.38 bits per heavy atom. The molecule has 2 N–H and O–H groups in total. The maximum Gasteiger partial charge on any atom is 0.296 e. The molecule has 11 heteroatoms. The molecule has 0 saturated heterocycles. The number of hydrogen-bond acceptors (Lipinski definition) is 7. The fourth-order valence-electron chi connectivity index (χ4n) is 6.08. The monoisotopic (exact) mass is 541 g/mol. The summed E-state index contributed by atoms with van der Waals surface area (Å²) in [6.07, 6.45) is 2.28. The Kier molecular flexibility index (Phi) is 7.66. The lowest BCUT2D eigenvalue weighted by molar-refractivity contribution is -0.144. The summed E-state index contributed by atoms with van der Waals surface area (Å²) in [4.78, 5) is 60.1. The van der Waals surface area contributed by atoms with Gasteiger partial charge >= 0.3 is 0 Å². The zero-order valence-corrected chi connectivity index (χ0v) is 23.1. The van der Waals surface area contributed by atoms with Crippen LogP contribution in [0.4, 0.5) is 4.39 Å². The van der Waals surface area contributed by atoms with Crippen molar-refractivity contribution in [2.24, 2.45) is 5.41 Å². The van der Waals surface area contributed by atoms with Crippen molar-refractivity contribution in [3.05, 3.63) is 57.0 Å². The molecule has 2 amide bonds. The SMILES string of the molecule is Cc1cc(CNC(=O)c2nc3n(c(=O)c2O)CC2(CN(C)C)CCC3(CC(=O)C(=O)N(C)C)CC2)ccc1F. The zero-order valence-electron chi connectivity index (χ0n) is 23.1. The lowest BCUT2D eigenvalue weighted by Gasteiger charge is -2.42. The second kappa shape index (κ2) is 10.5. The van der Waals surface area contributed by atoms with Crippen molar-refractivity contribution in [1.82, 2.24) is 24.7 Å². The van der Waals surface area contributed by atoms with Crippen LogP contribution in [-0.4, -0.2) is 76.8 Å². The Morgan fingerprint density at radius 2 is 1.79 bits per heavy atom. The van der Waals surface area contributed by atoms with Gasteiger partial charge in [0.15, 0.2) is 5.69 Å². The van der Waals surface area contributed by atoms with Crippen LogP contribution in [0.1, 0.15) is 59.5 Å². The van der Waals surface area contributed by atoms with E-state index in [9.17, 15) is 28.7 Å². The van der Waals surface area contributed by atoms with Crippen LogP contribution >= 0.6 is 0 Å². The number of nitrogens with one attached hydrogen (secondary N) is 1. The molecule has 0 unspecified atom stereocenters. The van der Waals surface area contributed by atoms with Crippen LogP contribution in [0.25, 0.3) is 0 Å². The van der Waals surface area contributed by atoms with Crippen molar-refractivity contribution in [2.75, 3.05) is 34.7 Å². The molecule has 210 valence electrons. The Labute approximate surface area is 226 Å². The van der Waals surface area contributed by atoms with Gasteiger partial charge in [0.05, 0.1) is 0 Å². The first-order valence-corrected chi connectivity index (χ1v) is 13.0. The maximum atomic E-state index is 13.6. The highest BCUT2D eigenvalue weighted by Crippen LogP contribution is 2.52. The molecule has 1 aromatic carbocycles. The van der Waals surface area contributed by atoms with Crippen LogP contribution in [0.2, 0.25) is 0 Å². The van der Waals surface area contributed by atoms with E-state index in [0.29, 0.717) is 43.4 Å². The largest absolute Gasteiger partial charge is 0.501 e. The van der Waals surface area contributed by atoms with Crippen LogP contribution in [-0.2, 0) is 28.1 Å². The van der Waals surface area contributed by atoms with E-state index in [1.165, 1.54) is 35.7 Å². The summed E-state index contributed by atoms with van der Waals surface area (Å²) in [5.74, 6) is -2.86. The number of fused-ring (bicyclic) bond motifs is 2. The number of aromatic nitrogens is 2. The first kappa shape index (κ1) is 28.4. The van der Waals surface area contributed by atoms with Gasteiger partial charge < -0.3 is 20.2 Å². The molecule has 2 aliphatic heterocycles. The Hall–Kier alpha value is -3.60. The highest BCUT2D eigenvalue weighted by Gasteiger charge is 2.52. The standard InChI is InChI=1S/C28H36FN5O5/c1-17-12-18(6-7-19(17)29)14-30-23(37)21-22(36)25(39)34-16-27(15-32(2)3)8-10-28(11-9-27,26(34)31-21)13-20(35)24(38)33(4)5/h6-7,12,36H,8-11,13-16H2,1-5H3,(H,30,37). The third-order valence-electron chi connectivity index (χ3n) is 8.07. The highest BCUT2D eigenvalue weighted by molar-refractivity contribution is 6.36. The van der Waals surface area contributed by atoms with E-state index in [1.807, 2.05) is 14.1 Å². The van der Waals surface area contributed by atoms with Gasteiger partial charge in [0.2, 0.25) is 11.5 Å². The average Bonchev–Trinajstić information content (AvgIpc) is 3.08. The summed E-state index contributed by atoms with van der Waals surface area (Å²) in [6, 6.07) is 4.43. The minimum Gasteiger partial charge on any atom is -0.501 e. The third-order valence-corrected chi connectivity index (χ3v) is 8.07. The van der Waals surface area contributed by atoms with Gasteiger partial charge in [-0.05, 0) is 63.9 Å². The Bertz CT molecular complexity index is 1380. The number of carbonyl (C=O) groups excluding carboxylic acids is 3. The first-order chi connectivity index (χ1) is 18.3. The van der Waals surface area contributed by atoms with Gasteiger partial charge in [-0.1, -0.05) is 12.1 Å². The van der Waals surface area contributed by atoms with Gasteiger partial charge in [0, 0.05) is 51.0 Å². The predicted octanol–water partition coefficient (Wildman–Crippen LogP) is 1.75. The molecule has 1 aromatic heterocycles. The topological polar surface area (TPSA) is 125 Å². The van der Waals surface area contributed by atoms with Gasteiger partial charge in [0.1, 0.15) is 11.6 Å². The summed E-state index contributed by atoms with van der Waals surface area (Å²) in [5.41, 5.74) is -1.32. The number of hydrogen-bond donors (Lipinski definition) is 2. The molecule has 0 spiro atoms. The Morgan fingerprint density at radius 1 is 1.13 bits per heavy atom. The summed E-state index contributed by atoms with van der Waals surface area (Å²) in [7, 11) is 6.92. The number of aryl methyl sites for hydroxylation is 1. The van der Waals surface area contributed by atoms with E-state index < -0.39 is 40.0 Å². The molecule has 0 radical (unpaired) electrons. The van der Waals surface area contributed by atoms with E-state index in [0.717, 1.165) is 0 Å². The molecule has 2 bridgehead atoms. The van der Waals surface area contributed by atoms with Crippen molar-refractivity contribution in [2.45, 2.75) is 57.5 Å². The second-order valence-electron chi connectivity index (χ2n) is 11.6. The average molecular weight is 542 g/mol. The smallest absolute Gasteiger partial charge is 0.296 e. The number of aromatic hydroxyl groups is 1. The number of carbonyl (C=O) groups is 3. The van der Waals surface area contributed by atoms with Crippen molar-refractivity contribution < 1.29 is 23.9 Å². The van der Waals surface area contributed by atoms with Gasteiger partial charge in [-0.2, -0.15) is 0 Å². The molecule has 1 saturated carbocycles. The van der Waals surface area contributed by atoms with Crippen LogP contribution in [0.3, 0.4) is 0 Å². The fraction of sp³-hybridized carbons (Fsp3) is 0.536. The number of halogens is 1. The highest BCUT2D eigenvalue weighted by atomic mass is 19.1. The van der Waals surface area contributed by atoms with Crippen LogP contribution in [0.5, 0.6) is 5.75 Å². The predicted molar refractivity (Wildman–Crippen MR) is 142 cm³/mol. The summed E-state index contributed by atoms with van der Waals surface area (Å²) < 4.78 is 15.0. The van der Waals surface area contributed by atoms with E-state index in [1.54, 1.807) is 13.0 Å². The van der Waals surface area contributed by atoms with E-state index >= 15 is 0 Å². The molecular weight excluding hydrogens is 505 g/mol. The lowest BCUT2D eigenvalue weighted by atomic mass is 9.62. The molecule has 1 aliphatic carbocycles. The molecule has 1 fully saturated rings. The normalized spacial score (nSPS) is 21.8. The van der Waals surface area contributed by atoms with E-state index in [2.05, 4.69) is 15.2 Å². The summed E-state index contributed by atoms with van der Waals surface area (Å²) in [6.45, 7) is 2.63. The number of benzene rings is 1. The van der Waals surface area contributed by atoms with Crippen LogP contribution in [0.15, 0.2) is 23.0 Å². The first-order valence-electron chi connectivity index (χ1n) is 13.0. The molecule has 10 nitrogen and oxygen atoms in total. The fourth-order valence-corrected chi connectivity index (χ4v) is 6.08. The Balaban J connectivity index is 1.76. The molecular formula is C28H36FN5O5. The van der Waals surface area contributed by atoms with Crippen molar-refractivity contribution in [3.63, 3.8) is 0 Å². The second-order valence-corrected chi connectivity index (χ2v) is 11.6. The number of ketones is 1. The van der Waals surface area contributed by atoms with Gasteiger partial charge in [-0.3, -0.25) is 23.7 Å². The number of amides is 2. The van der Waals surface area contributed by atoms with Crippen LogP contribution in [0, 0.1) is 18.2 Å². The maximum absolute atomic E-state index is 13.6. The number of nitrogens with zero attached hydrogens (tertiary/aromatic N) is 4. The number of Topliss-reactive ketones (excluding diaryl/α,β-unsaturated/α-hetero) is 1.